The molecule has 0 bridgehead atoms. The normalized spacial score (nSPS) is 10.8. The van der Waals surface area contributed by atoms with Crippen LogP contribution in [0.15, 0.2) is 53.0 Å². The maximum absolute atomic E-state index is 5.24. The summed E-state index contributed by atoms with van der Waals surface area (Å²) in [6.45, 7) is 0. The van der Waals surface area contributed by atoms with Gasteiger partial charge in [-0.2, -0.15) is 0 Å². The lowest BCUT2D eigenvalue weighted by Crippen LogP contribution is -1.80. The molecule has 18 heavy (non-hydrogen) atoms. The largest absolute Gasteiger partial charge is 0.497 e. The summed E-state index contributed by atoms with van der Waals surface area (Å²) in [6, 6.07) is 16.3. The molecule has 0 amide bonds. The molecule has 0 aliphatic carbocycles. The van der Waals surface area contributed by atoms with Gasteiger partial charge < -0.3 is 9.72 Å². The van der Waals surface area contributed by atoms with Crippen LogP contribution in [0.1, 0.15) is 0 Å². The lowest BCUT2D eigenvalue weighted by atomic mass is 10.1. The molecule has 0 saturated heterocycles. The summed E-state index contributed by atoms with van der Waals surface area (Å²) in [5, 5.41) is 1.15. The topological polar surface area (TPSA) is 25.0 Å². The second-order valence-electron chi connectivity index (χ2n) is 4.12. The lowest BCUT2D eigenvalue weighted by Gasteiger charge is -2.00. The monoisotopic (exact) mass is 301 g/mol. The molecule has 2 nitrogen and oxygen atoms in total. The fourth-order valence-corrected chi connectivity index (χ4v) is 2.56. The molecule has 0 unspecified atom stereocenters. The molecule has 1 N–H and O–H groups in total. The van der Waals surface area contributed by atoms with Crippen LogP contribution >= 0.6 is 15.9 Å². The number of nitrogens with one attached hydrogen (secondary N) is 1. The van der Waals surface area contributed by atoms with E-state index in [1.807, 2.05) is 36.4 Å². The maximum Gasteiger partial charge on any atom is 0.119 e. The first-order chi connectivity index (χ1) is 8.78. The van der Waals surface area contributed by atoms with Gasteiger partial charge in [0.25, 0.3) is 0 Å². The molecule has 0 atom stereocenters. The van der Waals surface area contributed by atoms with Gasteiger partial charge in [0.05, 0.1) is 7.11 Å². The highest BCUT2D eigenvalue weighted by Gasteiger charge is 2.06. The fourth-order valence-electron chi connectivity index (χ4n) is 2.06. The van der Waals surface area contributed by atoms with Gasteiger partial charge in [-0.25, -0.2) is 0 Å². The van der Waals surface area contributed by atoms with Crippen molar-refractivity contribution < 1.29 is 4.74 Å². The molecule has 2 aromatic carbocycles. The van der Waals surface area contributed by atoms with Crippen molar-refractivity contribution in [2.45, 2.75) is 0 Å². The number of halogens is 1. The summed E-state index contributed by atoms with van der Waals surface area (Å²) < 4.78 is 6.32. The summed E-state index contributed by atoms with van der Waals surface area (Å²) in [7, 11) is 1.68. The third-order valence-electron chi connectivity index (χ3n) is 2.99. The number of hydrogen-bond acceptors (Lipinski definition) is 1. The van der Waals surface area contributed by atoms with Crippen LogP contribution in [0.5, 0.6) is 5.75 Å². The van der Waals surface area contributed by atoms with Crippen molar-refractivity contribution in [1.82, 2.24) is 4.98 Å². The van der Waals surface area contributed by atoms with Crippen molar-refractivity contribution >= 4 is 26.8 Å². The van der Waals surface area contributed by atoms with E-state index in [-0.39, 0.29) is 0 Å². The number of benzene rings is 2. The average Bonchev–Trinajstić information content (AvgIpc) is 2.81. The number of methoxy groups -OCH3 is 1. The molecule has 1 heterocycles. The van der Waals surface area contributed by atoms with E-state index in [4.69, 9.17) is 4.74 Å². The Morgan fingerprint density at radius 1 is 1.06 bits per heavy atom. The number of aromatic nitrogens is 1. The molecule has 0 aliphatic rings. The maximum atomic E-state index is 5.24. The van der Waals surface area contributed by atoms with Crippen molar-refractivity contribution in [3.63, 3.8) is 0 Å². The van der Waals surface area contributed by atoms with E-state index < -0.39 is 0 Å². The molecule has 3 heteroatoms. The van der Waals surface area contributed by atoms with E-state index in [0.717, 1.165) is 32.4 Å². The standard InChI is InChI=1S/C15H12BrNO/c1-18-11-6-7-14-10(8-11)9-15(17-14)12-4-2-3-5-13(12)16/h2-9,17H,1H3. The van der Waals surface area contributed by atoms with E-state index in [1.54, 1.807) is 7.11 Å². The van der Waals surface area contributed by atoms with Crippen molar-refractivity contribution in [1.29, 1.82) is 0 Å². The quantitative estimate of drug-likeness (QED) is 0.735. The number of H-pyrrole nitrogens is 1. The third-order valence-corrected chi connectivity index (χ3v) is 3.68. The molecule has 0 spiro atoms. The van der Waals surface area contributed by atoms with Gasteiger partial charge in [-0.05, 0) is 30.3 Å². The number of aromatic amines is 1. The molecule has 0 fully saturated rings. The van der Waals surface area contributed by atoms with E-state index in [9.17, 15) is 0 Å². The van der Waals surface area contributed by atoms with Crippen LogP contribution in [0.25, 0.3) is 22.2 Å². The molecule has 3 rings (SSSR count). The van der Waals surface area contributed by atoms with Crippen molar-refractivity contribution in [3.8, 4) is 17.0 Å². The van der Waals surface area contributed by atoms with E-state index in [0.29, 0.717) is 0 Å². The molecular weight excluding hydrogens is 290 g/mol. The van der Waals surface area contributed by atoms with Crippen LogP contribution in [0, 0.1) is 0 Å². The summed E-state index contributed by atoms with van der Waals surface area (Å²) in [4.78, 5) is 3.42. The molecule has 0 aliphatic heterocycles. The van der Waals surface area contributed by atoms with E-state index in [2.05, 4.69) is 33.0 Å². The first kappa shape index (κ1) is 11.4. The van der Waals surface area contributed by atoms with Gasteiger partial charge in [-0.3, -0.25) is 0 Å². The molecular formula is C15H12BrNO. The second-order valence-corrected chi connectivity index (χ2v) is 4.97. The Bertz CT molecular complexity index is 703. The summed E-state index contributed by atoms with van der Waals surface area (Å²) in [5.41, 5.74) is 3.37. The van der Waals surface area contributed by atoms with Gasteiger partial charge in [-0.1, -0.05) is 34.1 Å². The van der Waals surface area contributed by atoms with E-state index >= 15 is 0 Å². The van der Waals surface area contributed by atoms with Gasteiger partial charge in [0, 0.05) is 26.6 Å². The Labute approximate surface area is 114 Å². The Morgan fingerprint density at radius 2 is 1.89 bits per heavy atom. The van der Waals surface area contributed by atoms with Gasteiger partial charge in [0.1, 0.15) is 5.75 Å². The van der Waals surface area contributed by atoms with Crippen molar-refractivity contribution in [3.05, 3.63) is 53.0 Å². The number of rotatable bonds is 2. The molecule has 90 valence electrons. The van der Waals surface area contributed by atoms with Gasteiger partial charge in [0.2, 0.25) is 0 Å². The number of hydrogen-bond donors (Lipinski definition) is 1. The van der Waals surface area contributed by atoms with Crippen LogP contribution in [-0.2, 0) is 0 Å². The first-order valence-electron chi connectivity index (χ1n) is 5.69. The zero-order chi connectivity index (χ0) is 12.5. The van der Waals surface area contributed by atoms with Crippen LogP contribution in [0.3, 0.4) is 0 Å². The zero-order valence-electron chi connectivity index (χ0n) is 9.91. The Balaban J connectivity index is 2.17. The first-order valence-corrected chi connectivity index (χ1v) is 6.49. The predicted molar refractivity (Wildman–Crippen MR) is 78.0 cm³/mol. The van der Waals surface area contributed by atoms with Crippen LogP contribution in [0.2, 0.25) is 0 Å². The molecule has 0 radical (unpaired) electrons. The molecule has 3 aromatic rings. The zero-order valence-corrected chi connectivity index (χ0v) is 11.5. The number of fused-ring (bicyclic) bond motifs is 1. The van der Waals surface area contributed by atoms with E-state index in [1.165, 1.54) is 0 Å². The van der Waals surface area contributed by atoms with Crippen molar-refractivity contribution in [2.75, 3.05) is 7.11 Å². The molecule has 1 aromatic heterocycles. The van der Waals surface area contributed by atoms with Crippen LogP contribution in [0.4, 0.5) is 0 Å². The van der Waals surface area contributed by atoms with Crippen LogP contribution < -0.4 is 4.74 Å². The Morgan fingerprint density at radius 3 is 2.67 bits per heavy atom. The molecule has 0 saturated carbocycles. The average molecular weight is 302 g/mol. The SMILES string of the molecule is COc1ccc2[nH]c(-c3ccccc3Br)cc2c1. The minimum atomic E-state index is 0.875. The lowest BCUT2D eigenvalue weighted by molar-refractivity contribution is 0.415. The Hall–Kier alpha value is -1.74. The fraction of sp³-hybridized carbons (Fsp3) is 0.0667. The highest BCUT2D eigenvalue weighted by atomic mass is 79.9. The van der Waals surface area contributed by atoms with Gasteiger partial charge >= 0.3 is 0 Å². The minimum absolute atomic E-state index is 0.875. The Kier molecular flexibility index (Phi) is 2.84. The smallest absolute Gasteiger partial charge is 0.119 e. The highest BCUT2D eigenvalue weighted by molar-refractivity contribution is 9.10. The third kappa shape index (κ3) is 1.91. The predicted octanol–water partition coefficient (Wildman–Crippen LogP) is 4.61. The summed E-state index contributed by atoms with van der Waals surface area (Å²) in [6.07, 6.45) is 0. The number of ether oxygens (including phenoxy) is 1. The van der Waals surface area contributed by atoms with Gasteiger partial charge in [-0.15, -0.1) is 0 Å². The highest BCUT2D eigenvalue weighted by Crippen LogP contribution is 2.31. The van der Waals surface area contributed by atoms with Gasteiger partial charge in [0.15, 0.2) is 0 Å². The minimum Gasteiger partial charge on any atom is -0.497 e. The second kappa shape index (κ2) is 4.50. The van der Waals surface area contributed by atoms with Crippen molar-refractivity contribution in [2.24, 2.45) is 0 Å². The summed E-state index contributed by atoms with van der Waals surface area (Å²) in [5.74, 6) is 0.875. The summed E-state index contributed by atoms with van der Waals surface area (Å²) >= 11 is 3.57. The van der Waals surface area contributed by atoms with Crippen LogP contribution in [-0.4, -0.2) is 12.1 Å².